The maximum absolute atomic E-state index is 12.9. The molecule has 0 atom stereocenters. The predicted molar refractivity (Wildman–Crippen MR) is 80.2 cm³/mol. The Morgan fingerprint density at radius 2 is 1.86 bits per heavy atom. The van der Waals surface area contributed by atoms with Gasteiger partial charge in [-0.1, -0.05) is 30.3 Å². The van der Waals surface area contributed by atoms with Crippen LogP contribution in [0.15, 0.2) is 54.6 Å². The Bertz CT molecular complexity index is 820. The topological polar surface area (TPSA) is 48.7 Å². The Morgan fingerprint density at radius 3 is 2.62 bits per heavy atom. The minimum absolute atomic E-state index is 0.255. The van der Waals surface area contributed by atoms with Gasteiger partial charge in [-0.2, -0.15) is 5.26 Å². The molecule has 0 fully saturated rings. The predicted octanol–water partition coefficient (Wildman–Crippen LogP) is 3.86. The summed E-state index contributed by atoms with van der Waals surface area (Å²) in [5, 5.41) is 13.2. The van der Waals surface area contributed by atoms with Gasteiger partial charge in [-0.25, -0.2) is 9.37 Å². The number of nitriles is 1. The number of para-hydroxylation sites is 1. The quantitative estimate of drug-likeness (QED) is 0.791. The number of hydrogen-bond donors (Lipinski definition) is 1. The lowest BCUT2D eigenvalue weighted by Crippen LogP contribution is -2.02. The van der Waals surface area contributed by atoms with Crippen LogP contribution in [0.4, 0.5) is 10.2 Å². The molecule has 102 valence electrons. The number of nitrogens with one attached hydrogen (secondary N) is 1. The summed E-state index contributed by atoms with van der Waals surface area (Å²) < 4.78 is 12.9. The van der Waals surface area contributed by atoms with Crippen LogP contribution < -0.4 is 5.32 Å². The number of pyridine rings is 1. The van der Waals surface area contributed by atoms with Crippen molar-refractivity contribution in [3.8, 4) is 6.07 Å². The molecule has 1 heterocycles. The molecule has 0 aliphatic heterocycles. The third-order valence-electron chi connectivity index (χ3n) is 3.22. The van der Waals surface area contributed by atoms with E-state index in [0.29, 0.717) is 17.9 Å². The Hall–Kier alpha value is -2.93. The molecule has 0 amide bonds. The van der Waals surface area contributed by atoms with Crippen molar-refractivity contribution in [1.82, 2.24) is 4.98 Å². The van der Waals surface area contributed by atoms with Crippen LogP contribution in [0.2, 0.25) is 0 Å². The van der Waals surface area contributed by atoms with Crippen LogP contribution in [0.3, 0.4) is 0 Å². The van der Waals surface area contributed by atoms with Crippen LogP contribution in [0.25, 0.3) is 10.9 Å². The van der Waals surface area contributed by atoms with Gasteiger partial charge >= 0.3 is 0 Å². The third kappa shape index (κ3) is 2.82. The molecule has 0 spiro atoms. The molecule has 2 aromatic carbocycles. The molecule has 4 heteroatoms. The molecular formula is C17H12FN3. The Morgan fingerprint density at radius 1 is 1.10 bits per heavy atom. The van der Waals surface area contributed by atoms with E-state index in [9.17, 15) is 9.65 Å². The number of fused-ring (bicyclic) bond motifs is 1. The number of benzene rings is 2. The summed E-state index contributed by atoms with van der Waals surface area (Å²) in [6.07, 6.45) is 0. The molecule has 0 aliphatic rings. The van der Waals surface area contributed by atoms with Crippen molar-refractivity contribution in [2.75, 3.05) is 5.32 Å². The summed E-state index contributed by atoms with van der Waals surface area (Å²) in [5.74, 6) is 0.379. The fraction of sp³-hybridized carbons (Fsp3) is 0.0588. The maximum Gasteiger partial charge on any atom is 0.128 e. The highest BCUT2D eigenvalue weighted by Crippen LogP contribution is 2.20. The van der Waals surface area contributed by atoms with Crippen LogP contribution in [-0.2, 0) is 6.54 Å². The van der Waals surface area contributed by atoms with Crippen molar-refractivity contribution < 1.29 is 4.39 Å². The molecule has 0 bridgehead atoms. The van der Waals surface area contributed by atoms with Gasteiger partial charge in [0.25, 0.3) is 0 Å². The van der Waals surface area contributed by atoms with Crippen LogP contribution in [0, 0.1) is 17.1 Å². The van der Waals surface area contributed by atoms with E-state index in [1.54, 1.807) is 18.2 Å². The zero-order valence-corrected chi connectivity index (χ0v) is 11.2. The Balaban J connectivity index is 1.87. The average molecular weight is 277 g/mol. The first kappa shape index (κ1) is 13.1. The summed E-state index contributed by atoms with van der Waals surface area (Å²) >= 11 is 0. The summed E-state index contributed by atoms with van der Waals surface area (Å²) in [6.45, 7) is 0.524. The first-order valence-corrected chi connectivity index (χ1v) is 6.54. The van der Waals surface area contributed by atoms with Gasteiger partial charge in [0.1, 0.15) is 11.6 Å². The zero-order chi connectivity index (χ0) is 14.7. The molecule has 3 nitrogen and oxygen atoms in total. The van der Waals surface area contributed by atoms with Gasteiger partial charge in [-0.15, -0.1) is 0 Å². The molecule has 1 N–H and O–H groups in total. The van der Waals surface area contributed by atoms with E-state index in [2.05, 4.69) is 16.4 Å². The number of nitrogens with zero attached hydrogens (tertiary/aromatic N) is 2. The second-order valence-electron chi connectivity index (χ2n) is 4.66. The smallest absolute Gasteiger partial charge is 0.128 e. The molecule has 0 saturated heterocycles. The highest BCUT2D eigenvalue weighted by atomic mass is 19.1. The van der Waals surface area contributed by atoms with E-state index in [1.807, 2.05) is 24.3 Å². The van der Waals surface area contributed by atoms with E-state index in [1.165, 1.54) is 12.1 Å². The molecule has 0 radical (unpaired) electrons. The van der Waals surface area contributed by atoms with E-state index in [0.717, 1.165) is 16.5 Å². The molecular weight excluding hydrogens is 265 g/mol. The van der Waals surface area contributed by atoms with Crippen molar-refractivity contribution in [2.24, 2.45) is 0 Å². The van der Waals surface area contributed by atoms with E-state index in [-0.39, 0.29) is 5.82 Å². The lowest BCUT2D eigenvalue weighted by atomic mass is 10.1. The largest absolute Gasteiger partial charge is 0.366 e. The van der Waals surface area contributed by atoms with Crippen LogP contribution >= 0.6 is 0 Å². The number of hydrogen-bond acceptors (Lipinski definition) is 3. The van der Waals surface area contributed by atoms with Crippen molar-refractivity contribution in [2.45, 2.75) is 6.54 Å². The first-order valence-electron chi connectivity index (χ1n) is 6.54. The van der Waals surface area contributed by atoms with Gasteiger partial charge in [-0.3, -0.25) is 0 Å². The second-order valence-corrected chi connectivity index (χ2v) is 4.66. The molecule has 0 unspecified atom stereocenters. The van der Waals surface area contributed by atoms with Crippen LogP contribution in [-0.4, -0.2) is 4.98 Å². The molecule has 0 aliphatic carbocycles. The van der Waals surface area contributed by atoms with E-state index < -0.39 is 0 Å². The minimum Gasteiger partial charge on any atom is -0.366 e. The zero-order valence-electron chi connectivity index (χ0n) is 11.2. The highest BCUT2D eigenvalue weighted by Gasteiger charge is 2.05. The standard InChI is InChI=1S/C17H12FN3/c18-14-7-5-12(6-8-14)11-20-17-9-13(10-19)15-3-1-2-4-16(15)21-17/h1-9H,11H2,(H,20,21). The summed E-state index contributed by atoms with van der Waals surface area (Å²) in [4.78, 5) is 4.48. The van der Waals surface area contributed by atoms with E-state index in [4.69, 9.17) is 0 Å². The van der Waals surface area contributed by atoms with Gasteiger partial charge in [0.2, 0.25) is 0 Å². The highest BCUT2D eigenvalue weighted by molar-refractivity contribution is 5.86. The van der Waals surface area contributed by atoms with E-state index >= 15 is 0 Å². The molecule has 3 aromatic rings. The molecule has 21 heavy (non-hydrogen) atoms. The van der Waals surface area contributed by atoms with Gasteiger partial charge in [-0.05, 0) is 29.8 Å². The lowest BCUT2D eigenvalue weighted by Gasteiger charge is -2.08. The monoisotopic (exact) mass is 277 g/mol. The number of halogens is 1. The van der Waals surface area contributed by atoms with Crippen molar-refractivity contribution >= 4 is 16.7 Å². The fourth-order valence-electron chi connectivity index (χ4n) is 2.15. The summed E-state index contributed by atoms with van der Waals surface area (Å²) in [5.41, 5.74) is 2.31. The molecule has 0 saturated carbocycles. The Labute approximate surface area is 121 Å². The number of rotatable bonds is 3. The maximum atomic E-state index is 12.9. The molecule has 3 rings (SSSR count). The minimum atomic E-state index is -0.255. The summed E-state index contributed by atoms with van der Waals surface area (Å²) in [7, 11) is 0. The van der Waals surface area contributed by atoms with Gasteiger partial charge in [0.15, 0.2) is 0 Å². The second kappa shape index (κ2) is 5.59. The van der Waals surface area contributed by atoms with Crippen molar-refractivity contribution in [3.63, 3.8) is 0 Å². The van der Waals surface area contributed by atoms with Crippen molar-refractivity contribution in [3.05, 3.63) is 71.5 Å². The first-order chi connectivity index (χ1) is 10.3. The van der Waals surface area contributed by atoms with Crippen LogP contribution in [0.5, 0.6) is 0 Å². The third-order valence-corrected chi connectivity index (χ3v) is 3.22. The lowest BCUT2D eigenvalue weighted by molar-refractivity contribution is 0.627. The van der Waals surface area contributed by atoms with Crippen molar-refractivity contribution in [1.29, 1.82) is 5.26 Å². The SMILES string of the molecule is N#Cc1cc(NCc2ccc(F)cc2)nc2ccccc12. The summed E-state index contributed by atoms with van der Waals surface area (Å²) in [6, 6.07) is 17.7. The number of anilines is 1. The van der Waals surface area contributed by atoms with Gasteiger partial charge in [0.05, 0.1) is 17.1 Å². The molecule has 1 aromatic heterocycles. The normalized spacial score (nSPS) is 10.3. The van der Waals surface area contributed by atoms with Crippen LogP contribution in [0.1, 0.15) is 11.1 Å². The van der Waals surface area contributed by atoms with Gasteiger partial charge in [0, 0.05) is 11.9 Å². The van der Waals surface area contributed by atoms with Gasteiger partial charge < -0.3 is 5.32 Å². The Kier molecular flexibility index (Phi) is 3.48. The average Bonchev–Trinajstić information content (AvgIpc) is 2.53. The fourth-order valence-corrected chi connectivity index (χ4v) is 2.15. The number of aromatic nitrogens is 1.